The Labute approximate surface area is 348 Å². The van der Waals surface area contributed by atoms with E-state index in [1.807, 2.05) is 24.3 Å². The molecule has 4 aliphatic carbocycles. The first kappa shape index (κ1) is 42.2. The molecular weight excluding hydrogens is 715 g/mol. The highest BCUT2D eigenvalue weighted by Crippen LogP contribution is 2.58. The number of allylic oxidation sites excluding steroid dienone is 4. The largest absolute Gasteiger partial charge is 0.508 e. The monoisotopic (exact) mass is 784 g/mol. The van der Waals surface area contributed by atoms with Crippen LogP contribution in [-0.2, 0) is 29.7 Å². The molecule has 3 aromatic carbocycles. The lowest BCUT2D eigenvalue weighted by Crippen LogP contribution is -2.53. The van der Waals surface area contributed by atoms with Crippen molar-refractivity contribution in [2.75, 3.05) is 6.54 Å². The van der Waals surface area contributed by atoms with Crippen LogP contribution in [0.1, 0.15) is 112 Å². The Bertz CT molecular complexity index is 1840. The number of carboxylic acid groups (broad SMARTS) is 1. The fourth-order valence-corrected chi connectivity index (χ4v) is 12.2. The van der Waals surface area contributed by atoms with Crippen LogP contribution >= 0.6 is 0 Å². The number of aryl methyl sites for hydroxylation is 1. The molecular formula is C53H69NO4. The molecule has 58 heavy (non-hydrogen) atoms. The molecule has 5 heteroatoms. The van der Waals surface area contributed by atoms with E-state index < -0.39 is 11.9 Å². The fourth-order valence-electron chi connectivity index (χ4n) is 12.2. The lowest BCUT2D eigenvalue weighted by molar-refractivity contribution is -0.145. The Hall–Kier alpha value is -3.93. The van der Waals surface area contributed by atoms with Crippen molar-refractivity contribution in [3.8, 4) is 5.75 Å². The quantitative estimate of drug-likeness (QED) is 0.102. The summed E-state index contributed by atoms with van der Waals surface area (Å²) in [4.78, 5) is 13.4. The summed E-state index contributed by atoms with van der Waals surface area (Å²) in [5.74, 6) is 1.22. The highest BCUT2D eigenvalue weighted by atomic mass is 16.4. The van der Waals surface area contributed by atoms with E-state index in [0.29, 0.717) is 24.1 Å². The molecule has 2 saturated carbocycles. The molecule has 5 nitrogen and oxygen atoms in total. The number of phenols is 1. The van der Waals surface area contributed by atoms with Crippen LogP contribution in [0.25, 0.3) is 0 Å². The van der Waals surface area contributed by atoms with E-state index in [4.69, 9.17) is 5.73 Å². The number of carbonyl (C=O) groups is 1. The van der Waals surface area contributed by atoms with E-state index in [2.05, 4.69) is 85.0 Å². The standard InChI is InChI=1S/C53H69NO4/c54-36-45-26-28-48(52(57)58)51-49(53(46-21-8-3-9-22-46)30-12-20-42(35-53)32-41-18-11-23-47(56)34-41)29-27-44(50(45)51)33-40(25-24-39-17-10-19-43(31-39)37-55)16-7-2-6-15-38-13-4-1-5-14-38/h2-3,7-11,17-19,21-23,26-29,31,34,38,40,42,44-45,48-51,55-56H,1,4-6,12-16,20,24-25,30,32-33,35-37,54H2,(H,57,58)/t40-,42+,44+,45+,48-,49+,50-,51-,53+/m0/s1. The summed E-state index contributed by atoms with van der Waals surface area (Å²) < 4.78 is 0. The van der Waals surface area contributed by atoms with Gasteiger partial charge in [0, 0.05) is 5.41 Å². The van der Waals surface area contributed by atoms with Gasteiger partial charge in [0.25, 0.3) is 0 Å². The summed E-state index contributed by atoms with van der Waals surface area (Å²) in [6.07, 6.45) is 32.6. The SMILES string of the molecule is NC[C@H]1C=C[C@H](C(=O)O)[C@@H]2[C@H]1[C@@H](C[C@@H](CC=CCCC1CCCCC1)CCc1cccc(CO)c1)C=C[C@H]2[C@]1(c2ccccc2)CCC[C@H](Cc2cccc(O)c2)C1. The van der Waals surface area contributed by atoms with Crippen molar-refractivity contribution in [1.29, 1.82) is 0 Å². The minimum atomic E-state index is -0.725. The maximum absolute atomic E-state index is 13.4. The molecule has 0 heterocycles. The van der Waals surface area contributed by atoms with Gasteiger partial charge in [-0.25, -0.2) is 0 Å². The molecule has 0 bridgehead atoms. The maximum Gasteiger partial charge on any atom is 0.310 e. The van der Waals surface area contributed by atoms with Crippen molar-refractivity contribution in [3.05, 3.63) is 138 Å². The number of rotatable bonds is 17. The second kappa shape index (κ2) is 20.4. The first-order valence-electron chi connectivity index (χ1n) is 22.8. The summed E-state index contributed by atoms with van der Waals surface area (Å²) >= 11 is 0. The molecule has 310 valence electrons. The molecule has 0 spiro atoms. The van der Waals surface area contributed by atoms with Crippen LogP contribution in [0, 0.1) is 53.3 Å². The van der Waals surface area contributed by atoms with Gasteiger partial charge in [-0.15, -0.1) is 0 Å². The number of carboxylic acids is 1. The van der Waals surface area contributed by atoms with Crippen LogP contribution in [0.15, 0.2) is 115 Å². The minimum Gasteiger partial charge on any atom is -0.508 e. The summed E-state index contributed by atoms with van der Waals surface area (Å²) in [7, 11) is 0. The predicted molar refractivity (Wildman–Crippen MR) is 236 cm³/mol. The van der Waals surface area contributed by atoms with Crippen molar-refractivity contribution < 1.29 is 20.1 Å². The summed E-state index contributed by atoms with van der Waals surface area (Å²) in [5.41, 5.74) is 11.2. The number of aliphatic hydroxyl groups excluding tert-OH is 1. The van der Waals surface area contributed by atoms with E-state index in [9.17, 15) is 20.1 Å². The van der Waals surface area contributed by atoms with Crippen LogP contribution in [0.2, 0.25) is 0 Å². The molecule has 0 radical (unpaired) electrons. The van der Waals surface area contributed by atoms with Gasteiger partial charge in [-0.05, 0) is 146 Å². The first-order valence-corrected chi connectivity index (χ1v) is 22.8. The third-order valence-electron chi connectivity index (χ3n) is 15.0. The van der Waals surface area contributed by atoms with Crippen molar-refractivity contribution in [3.63, 3.8) is 0 Å². The average Bonchev–Trinajstić information content (AvgIpc) is 3.25. The first-order chi connectivity index (χ1) is 28.4. The third kappa shape index (κ3) is 10.3. The second-order valence-electron chi connectivity index (χ2n) is 18.6. The lowest BCUT2D eigenvalue weighted by Gasteiger charge is -2.56. The molecule has 0 aliphatic heterocycles. The number of hydrogen-bond acceptors (Lipinski definition) is 4. The Morgan fingerprint density at radius 2 is 1.55 bits per heavy atom. The highest BCUT2D eigenvalue weighted by molar-refractivity contribution is 5.73. The van der Waals surface area contributed by atoms with Crippen LogP contribution < -0.4 is 5.73 Å². The fraction of sp³-hybridized carbons (Fsp3) is 0.528. The zero-order chi connectivity index (χ0) is 40.3. The van der Waals surface area contributed by atoms with Gasteiger partial charge in [0.1, 0.15) is 5.75 Å². The Kier molecular flexibility index (Phi) is 14.8. The van der Waals surface area contributed by atoms with Crippen molar-refractivity contribution in [1.82, 2.24) is 0 Å². The van der Waals surface area contributed by atoms with Crippen LogP contribution in [0.4, 0.5) is 0 Å². The van der Waals surface area contributed by atoms with Crippen molar-refractivity contribution in [2.45, 2.75) is 115 Å². The van der Waals surface area contributed by atoms with E-state index in [0.717, 1.165) is 81.3 Å². The molecule has 7 rings (SSSR count). The summed E-state index contributed by atoms with van der Waals surface area (Å²) in [6, 6.07) is 27.1. The summed E-state index contributed by atoms with van der Waals surface area (Å²) in [5, 5.41) is 31.2. The number of nitrogens with two attached hydrogens (primary N) is 1. The van der Waals surface area contributed by atoms with E-state index >= 15 is 0 Å². The molecule has 0 saturated heterocycles. The number of fused-ring (bicyclic) bond motifs is 1. The van der Waals surface area contributed by atoms with Gasteiger partial charge >= 0.3 is 5.97 Å². The van der Waals surface area contributed by atoms with E-state index in [-0.39, 0.29) is 41.6 Å². The van der Waals surface area contributed by atoms with Crippen LogP contribution in [-0.4, -0.2) is 27.8 Å². The van der Waals surface area contributed by atoms with Gasteiger partial charge < -0.3 is 21.1 Å². The smallest absolute Gasteiger partial charge is 0.310 e. The van der Waals surface area contributed by atoms with Crippen LogP contribution in [0.5, 0.6) is 5.75 Å². The highest BCUT2D eigenvalue weighted by Gasteiger charge is 2.55. The molecule has 9 atom stereocenters. The number of benzene rings is 3. The third-order valence-corrected chi connectivity index (χ3v) is 15.0. The van der Waals surface area contributed by atoms with Gasteiger partial charge in [-0.1, -0.05) is 148 Å². The zero-order valence-electron chi connectivity index (χ0n) is 34.7. The van der Waals surface area contributed by atoms with Gasteiger partial charge in [-0.3, -0.25) is 4.79 Å². The zero-order valence-corrected chi connectivity index (χ0v) is 34.7. The molecule has 0 amide bonds. The Morgan fingerprint density at radius 1 is 0.793 bits per heavy atom. The second-order valence-corrected chi connectivity index (χ2v) is 18.6. The minimum absolute atomic E-state index is 0.0535. The number of aliphatic carboxylic acids is 1. The lowest BCUT2D eigenvalue weighted by atomic mass is 9.48. The van der Waals surface area contributed by atoms with Gasteiger partial charge in [-0.2, -0.15) is 0 Å². The number of aliphatic hydroxyl groups is 1. The van der Waals surface area contributed by atoms with Gasteiger partial charge in [0.15, 0.2) is 0 Å². The maximum atomic E-state index is 13.4. The van der Waals surface area contributed by atoms with E-state index in [1.165, 1.54) is 49.7 Å². The molecule has 5 N–H and O–H groups in total. The molecule has 2 fully saturated rings. The Balaban J connectivity index is 1.20. The number of phenolic OH excluding ortho intramolecular Hbond substituents is 1. The molecule has 0 unspecified atom stereocenters. The van der Waals surface area contributed by atoms with Gasteiger partial charge in [0.05, 0.1) is 12.5 Å². The number of aromatic hydroxyl groups is 1. The molecule has 3 aromatic rings. The van der Waals surface area contributed by atoms with Crippen molar-refractivity contribution >= 4 is 5.97 Å². The topological polar surface area (TPSA) is 104 Å². The summed E-state index contributed by atoms with van der Waals surface area (Å²) in [6.45, 7) is 0.567. The van der Waals surface area contributed by atoms with Gasteiger partial charge in [0.2, 0.25) is 0 Å². The van der Waals surface area contributed by atoms with Crippen molar-refractivity contribution in [2.24, 2.45) is 59.0 Å². The van der Waals surface area contributed by atoms with Crippen LogP contribution in [0.3, 0.4) is 0 Å². The molecule has 0 aromatic heterocycles. The van der Waals surface area contributed by atoms with E-state index in [1.54, 1.807) is 6.07 Å². The normalized spacial score (nSPS) is 29.3. The Morgan fingerprint density at radius 3 is 2.33 bits per heavy atom. The number of hydrogen-bond donors (Lipinski definition) is 4. The average molecular weight is 784 g/mol. The molecule has 4 aliphatic rings. The predicted octanol–water partition coefficient (Wildman–Crippen LogP) is 11.4.